The quantitative estimate of drug-likeness (QED) is 0.524. The van der Waals surface area contributed by atoms with Gasteiger partial charge in [-0.1, -0.05) is 0 Å². The molecule has 1 atom stereocenters. The fourth-order valence-corrected chi connectivity index (χ4v) is 5.11. The highest BCUT2D eigenvalue weighted by molar-refractivity contribution is 5.91. The maximum atomic E-state index is 13.2. The van der Waals surface area contributed by atoms with Crippen molar-refractivity contribution in [1.29, 1.82) is 0 Å². The number of aromatic nitrogens is 4. The Labute approximate surface area is 179 Å². The van der Waals surface area contributed by atoms with Crippen LogP contribution in [0.2, 0.25) is 0 Å². The minimum absolute atomic E-state index is 0.0161. The molecule has 0 radical (unpaired) electrons. The molecule has 7 heteroatoms. The molecule has 4 aromatic rings. The van der Waals surface area contributed by atoms with Crippen LogP contribution in [0, 0.1) is 6.92 Å². The van der Waals surface area contributed by atoms with Gasteiger partial charge in [-0.05, 0) is 63.4 Å². The van der Waals surface area contributed by atoms with E-state index in [-0.39, 0.29) is 22.9 Å². The van der Waals surface area contributed by atoms with E-state index in [1.807, 2.05) is 55.2 Å². The van der Waals surface area contributed by atoms with Crippen LogP contribution in [-0.4, -0.2) is 36.5 Å². The molecule has 0 unspecified atom stereocenters. The Bertz CT molecular complexity index is 1410. The molecule has 4 heterocycles. The summed E-state index contributed by atoms with van der Waals surface area (Å²) in [5.74, 6) is 0.177. The monoisotopic (exact) mass is 415 g/mol. The van der Waals surface area contributed by atoms with Gasteiger partial charge in [-0.25, -0.2) is 4.98 Å². The maximum absolute atomic E-state index is 13.2. The van der Waals surface area contributed by atoms with Gasteiger partial charge in [0.2, 0.25) is 0 Å². The van der Waals surface area contributed by atoms with E-state index in [0.29, 0.717) is 22.2 Å². The van der Waals surface area contributed by atoms with E-state index in [9.17, 15) is 9.90 Å². The summed E-state index contributed by atoms with van der Waals surface area (Å²) in [7, 11) is 1.86. The Morgan fingerprint density at radius 3 is 2.90 bits per heavy atom. The summed E-state index contributed by atoms with van der Waals surface area (Å²) in [6, 6.07) is 7.74. The third kappa shape index (κ3) is 2.87. The number of rotatable bonds is 2. The molecular formula is C24H25N5O2. The van der Waals surface area contributed by atoms with E-state index in [2.05, 4.69) is 10.4 Å². The van der Waals surface area contributed by atoms with Crippen LogP contribution in [0.25, 0.3) is 33.1 Å². The van der Waals surface area contributed by atoms with Crippen LogP contribution in [0.1, 0.15) is 37.3 Å². The summed E-state index contributed by atoms with van der Waals surface area (Å²) in [6.07, 6.45) is 8.22. The summed E-state index contributed by atoms with van der Waals surface area (Å²) in [5.41, 5.74) is 3.74. The third-order valence-electron chi connectivity index (χ3n) is 7.03. The van der Waals surface area contributed by atoms with Crippen molar-refractivity contribution in [3.8, 4) is 17.0 Å². The van der Waals surface area contributed by atoms with Crippen molar-refractivity contribution in [3.63, 3.8) is 0 Å². The molecule has 1 saturated heterocycles. The Morgan fingerprint density at radius 2 is 2.10 bits per heavy atom. The Morgan fingerprint density at radius 1 is 1.26 bits per heavy atom. The van der Waals surface area contributed by atoms with E-state index in [1.165, 1.54) is 12.8 Å². The van der Waals surface area contributed by atoms with Gasteiger partial charge < -0.3 is 15.0 Å². The molecule has 0 bridgehead atoms. The van der Waals surface area contributed by atoms with Gasteiger partial charge in [0.05, 0.1) is 22.1 Å². The first-order chi connectivity index (χ1) is 14.9. The van der Waals surface area contributed by atoms with Crippen molar-refractivity contribution >= 4 is 21.8 Å². The van der Waals surface area contributed by atoms with Crippen LogP contribution < -0.4 is 10.9 Å². The highest BCUT2D eigenvalue weighted by Gasteiger charge is 2.46. The average molecular weight is 415 g/mol. The predicted octanol–water partition coefficient (Wildman–Crippen LogP) is 3.42. The van der Waals surface area contributed by atoms with Crippen LogP contribution in [0.15, 0.2) is 41.5 Å². The van der Waals surface area contributed by atoms with Crippen molar-refractivity contribution in [3.05, 3.63) is 52.6 Å². The molecule has 1 aliphatic heterocycles. The third-order valence-corrected chi connectivity index (χ3v) is 7.03. The molecule has 3 aromatic heterocycles. The molecule has 31 heavy (non-hydrogen) atoms. The van der Waals surface area contributed by atoms with Crippen molar-refractivity contribution < 1.29 is 5.11 Å². The molecule has 0 amide bonds. The fourth-order valence-electron chi connectivity index (χ4n) is 5.11. The summed E-state index contributed by atoms with van der Waals surface area (Å²) in [5, 5.41) is 20.4. The topological polar surface area (TPSA) is 85.0 Å². The predicted molar refractivity (Wildman–Crippen MR) is 120 cm³/mol. The van der Waals surface area contributed by atoms with Gasteiger partial charge in [-0.3, -0.25) is 9.48 Å². The molecule has 1 aliphatic carbocycles. The normalized spacial score (nSPS) is 20.0. The Balaban J connectivity index is 1.43. The fraction of sp³-hybridized carbons (Fsp3) is 0.375. The number of phenols is 1. The Hall–Kier alpha value is -3.19. The van der Waals surface area contributed by atoms with E-state index in [4.69, 9.17) is 4.98 Å². The van der Waals surface area contributed by atoms with E-state index in [0.717, 1.165) is 35.9 Å². The van der Waals surface area contributed by atoms with Crippen LogP contribution in [-0.2, 0) is 7.05 Å². The number of piperidine rings is 1. The minimum Gasteiger partial charge on any atom is -0.507 e. The number of aryl methyl sites for hydroxylation is 2. The molecule has 1 spiro atoms. The molecule has 6 rings (SSSR count). The van der Waals surface area contributed by atoms with Gasteiger partial charge in [0.25, 0.3) is 5.56 Å². The molecule has 158 valence electrons. The molecule has 1 saturated carbocycles. The average Bonchev–Trinajstić information content (AvgIpc) is 3.39. The molecular weight excluding hydrogens is 390 g/mol. The second-order valence-electron chi connectivity index (χ2n) is 9.15. The van der Waals surface area contributed by atoms with Crippen LogP contribution in [0.4, 0.5) is 0 Å². The van der Waals surface area contributed by atoms with E-state index < -0.39 is 0 Å². The first-order valence-corrected chi connectivity index (χ1v) is 10.9. The molecule has 2 fully saturated rings. The first kappa shape index (κ1) is 18.6. The number of benzene rings is 1. The van der Waals surface area contributed by atoms with Crippen molar-refractivity contribution in [1.82, 2.24) is 24.6 Å². The molecule has 2 N–H and O–H groups in total. The zero-order chi connectivity index (χ0) is 21.3. The lowest BCUT2D eigenvalue weighted by atomic mass is 9.97. The summed E-state index contributed by atoms with van der Waals surface area (Å²) >= 11 is 0. The SMILES string of the molecule is Cc1c(O)c(-c2ccc3c(=O)n([C@@H]4CCNC5(CC5)C4)ccc3n2)cc2cn(C)nc12. The second kappa shape index (κ2) is 6.40. The number of nitrogens with one attached hydrogen (secondary N) is 1. The lowest BCUT2D eigenvalue weighted by Gasteiger charge is -2.31. The largest absolute Gasteiger partial charge is 0.507 e. The van der Waals surface area contributed by atoms with Gasteiger partial charge in [0.15, 0.2) is 0 Å². The number of hydrogen-bond donors (Lipinski definition) is 2. The number of phenolic OH excluding ortho intramolecular Hbond substituents is 1. The molecule has 1 aromatic carbocycles. The zero-order valence-corrected chi connectivity index (χ0v) is 17.7. The number of fused-ring (bicyclic) bond motifs is 2. The van der Waals surface area contributed by atoms with Crippen LogP contribution in [0.5, 0.6) is 5.75 Å². The smallest absolute Gasteiger partial charge is 0.260 e. The van der Waals surface area contributed by atoms with Gasteiger partial charge in [-0.2, -0.15) is 5.10 Å². The maximum Gasteiger partial charge on any atom is 0.260 e. The summed E-state index contributed by atoms with van der Waals surface area (Å²) < 4.78 is 3.64. The number of pyridine rings is 2. The van der Waals surface area contributed by atoms with Gasteiger partial charge in [0, 0.05) is 47.5 Å². The number of hydrogen-bond acceptors (Lipinski definition) is 5. The number of aromatic hydroxyl groups is 1. The number of nitrogens with zero attached hydrogens (tertiary/aromatic N) is 4. The Kier molecular flexibility index (Phi) is 3.84. The lowest BCUT2D eigenvalue weighted by Crippen LogP contribution is -2.42. The lowest BCUT2D eigenvalue weighted by molar-refractivity contribution is 0.282. The van der Waals surface area contributed by atoms with Gasteiger partial charge >= 0.3 is 0 Å². The standard InChI is InChI=1S/C24H25N5O2/c1-14-21-15(13-28(2)27-21)11-18(22(14)30)19-4-3-17-20(26-19)6-10-29(23(17)31)16-5-9-25-24(12-16)7-8-24/h3-4,6,10-11,13,16,25,30H,5,7-9,12H2,1-2H3/t16-/m1/s1. The molecule has 7 nitrogen and oxygen atoms in total. The van der Waals surface area contributed by atoms with Gasteiger partial charge in [-0.15, -0.1) is 0 Å². The first-order valence-electron chi connectivity index (χ1n) is 10.9. The second-order valence-corrected chi connectivity index (χ2v) is 9.15. The minimum atomic E-state index is 0.0161. The summed E-state index contributed by atoms with van der Waals surface area (Å²) in [6.45, 7) is 2.82. The van der Waals surface area contributed by atoms with Crippen LogP contribution in [0.3, 0.4) is 0 Å². The van der Waals surface area contributed by atoms with Crippen molar-refractivity contribution in [2.24, 2.45) is 7.05 Å². The van der Waals surface area contributed by atoms with E-state index >= 15 is 0 Å². The van der Waals surface area contributed by atoms with Gasteiger partial charge in [0.1, 0.15) is 5.75 Å². The summed E-state index contributed by atoms with van der Waals surface area (Å²) in [4.78, 5) is 18.0. The molecule has 2 aliphatic rings. The zero-order valence-electron chi connectivity index (χ0n) is 17.7. The van der Waals surface area contributed by atoms with Crippen molar-refractivity contribution in [2.75, 3.05) is 6.54 Å². The highest BCUT2D eigenvalue weighted by Crippen LogP contribution is 2.45. The van der Waals surface area contributed by atoms with Crippen LogP contribution >= 0.6 is 0 Å². The van der Waals surface area contributed by atoms with Crippen molar-refractivity contribution in [2.45, 2.75) is 44.2 Å². The highest BCUT2D eigenvalue weighted by atomic mass is 16.3. The van der Waals surface area contributed by atoms with E-state index in [1.54, 1.807) is 4.68 Å².